The zero-order chi connectivity index (χ0) is 3.58. The molecule has 0 saturated carbocycles. The fourth-order valence-electron chi connectivity index (χ4n) is 0. The first kappa shape index (κ1) is 8.83. The van der Waals surface area contributed by atoms with Crippen molar-refractivity contribution in [3.05, 3.63) is 0 Å². The molecule has 0 spiro atoms. The van der Waals surface area contributed by atoms with Gasteiger partial charge in [-0.05, 0) is 0 Å². The van der Waals surface area contributed by atoms with Crippen LogP contribution in [0.3, 0.4) is 0 Å². The minimum atomic E-state index is -0.0833. The molecule has 6 N–H and O–H groups in total. The highest BCUT2D eigenvalue weighted by molar-refractivity contribution is 6.92. The van der Waals surface area contributed by atoms with Gasteiger partial charge in [0.15, 0.2) is 0 Å². The van der Waals surface area contributed by atoms with Crippen molar-refractivity contribution in [1.29, 1.82) is 0 Å². The van der Waals surface area contributed by atoms with Crippen LogP contribution in [0.5, 0.6) is 0 Å². The first-order valence-corrected chi connectivity index (χ1v) is 0.866. The highest BCUT2D eigenvalue weighted by atomic mass is 31.0. The second-order valence-electron chi connectivity index (χ2n) is 0.500. The Labute approximate surface area is 33.9 Å². The van der Waals surface area contributed by atoms with E-state index >= 15 is 0 Å². The molecule has 0 saturated heterocycles. The Kier molecular flexibility index (Phi) is 6.53. The monoisotopic (exact) mass is 94.1 g/mol. The van der Waals surface area contributed by atoms with Crippen LogP contribution < -0.4 is 16.9 Å². The Bertz CT molecular complexity index is 29.9. The van der Waals surface area contributed by atoms with E-state index in [0.717, 1.165) is 0 Å². The maximum atomic E-state index is 4.58. The number of hydrogen-bond acceptors (Lipinski definition) is 0. The van der Waals surface area contributed by atoms with Gasteiger partial charge in [0, 0.05) is 0 Å². The zero-order valence-corrected chi connectivity index (χ0v) is 4.35. The van der Waals surface area contributed by atoms with Crippen LogP contribution >= 0.6 is 9.90 Å². The van der Waals surface area contributed by atoms with E-state index in [4.69, 9.17) is 0 Å². The summed E-state index contributed by atoms with van der Waals surface area (Å²) in [5.74, 6) is -0.0833. The van der Waals surface area contributed by atoms with Gasteiger partial charge in [-0.15, -0.1) is 0 Å². The molecule has 0 aliphatic heterocycles. The molecule has 0 radical (unpaired) electrons. The van der Waals surface area contributed by atoms with Crippen molar-refractivity contribution < 1.29 is 5.41 Å². The van der Waals surface area contributed by atoms with Gasteiger partial charge in [-0.1, -0.05) is 0 Å². The molecule has 0 aliphatic carbocycles. The SMILES string of the molecule is NC(N)=[NH2+].P. The summed E-state index contributed by atoms with van der Waals surface area (Å²) in [6.07, 6.45) is 0. The van der Waals surface area contributed by atoms with Crippen molar-refractivity contribution in [3.63, 3.8) is 0 Å². The lowest BCUT2D eigenvalue weighted by Gasteiger charge is -1.59. The summed E-state index contributed by atoms with van der Waals surface area (Å²) in [4.78, 5) is 0. The van der Waals surface area contributed by atoms with Crippen molar-refractivity contribution in [2.24, 2.45) is 11.5 Å². The van der Waals surface area contributed by atoms with Gasteiger partial charge in [-0.2, -0.15) is 9.90 Å². The molecule has 0 fully saturated rings. The summed E-state index contributed by atoms with van der Waals surface area (Å²) in [5.41, 5.74) is 9.17. The topological polar surface area (TPSA) is 77.6 Å². The molecule has 0 aromatic heterocycles. The molecule has 1 unspecified atom stereocenters. The van der Waals surface area contributed by atoms with Gasteiger partial charge in [-0.3, -0.25) is 16.9 Å². The molecule has 4 heteroatoms. The molecule has 3 nitrogen and oxygen atoms in total. The number of hydrogen-bond donors (Lipinski definition) is 3. The van der Waals surface area contributed by atoms with Crippen LogP contribution in [0.15, 0.2) is 0 Å². The molecule has 0 aliphatic rings. The third-order valence-corrected chi connectivity index (χ3v) is 0. The molecule has 0 rings (SSSR count). The maximum absolute atomic E-state index is 4.58. The lowest BCUT2D eigenvalue weighted by Crippen LogP contribution is -2.51. The number of rotatable bonds is 0. The van der Waals surface area contributed by atoms with Crippen LogP contribution in [0.25, 0.3) is 0 Å². The Morgan fingerprint density at radius 3 is 1.40 bits per heavy atom. The summed E-state index contributed by atoms with van der Waals surface area (Å²) < 4.78 is 0. The van der Waals surface area contributed by atoms with Crippen LogP contribution in [0.4, 0.5) is 0 Å². The summed E-state index contributed by atoms with van der Waals surface area (Å²) in [6.45, 7) is 0. The number of nitrogens with two attached hydrogens (primary N) is 3. The standard InChI is InChI=1S/CH5N3.H3P/c2-1(3)4;/h(H5,2,3,4);1H3/p+1. The predicted molar refractivity (Wildman–Crippen MR) is 26.4 cm³/mol. The van der Waals surface area contributed by atoms with Crippen molar-refractivity contribution >= 4 is 15.9 Å². The minimum Gasteiger partial charge on any atom is -0.291 e. The largest absolute Gasteiger partial charge is 0.336 e. The Morgan fingerprint density at radius 1 is 1.40 bits per heavy atom. The molecule has 0 aromatic carbocycles. The van der Waals surface area contributed by atoms with E-state index in [0.29, 0.717) is 0 Å². The van der Waals surface area contributed by atoms with E-state index in [-0.39, 0.29) is 15.9 Å². The first-order valence-electron chi connectivity index (χ1n) is 0.866. The molecule has 1 atom stereocenters. The van der Waals surface area contributed by atoms with Gasteiger partial charge in [0.05, 0.1) is 0 Å². The van der Waals surface area contributed by atoms with Crippen molar-refractivity contribution in [3.8, 4) is 0 Å². The second-order valence-corrected chi connectivity index (χ2v) is 0.500. The van der Waals surface area contributed by atoms with Gasteiger partial charge in [0.1, 0.15) is 0 Å². The lowest BCUT2D eigenvalue weighted by atomic mass is 11.1. The average molecular weight is 94.1 g/mol. The van der Waals surface area contributed by atoms with Gasteiger partial charge in [0.25, 0.3) is 0 Å². The van der Waals surface area contributed by atoms with E-state index in [9.17, 15) is 0 Å². The zero-order valence-electron chi connectivity index (χ0n) is 2.94. The molecule has 0 heterocycles. The highest BCUT2D eigenvalue weighted by Crippen LogP contribution is 0.925. The van der Waals surface area contributed by atoms with Crippen LogP contribution in [0, 0.1) is 0 Å². The van der Waals surface area contributed by atoms with E-state index in [2.05, 4.69) is 16.9 Å². The summed E-state index contributed by atoms with van der Waals surface area (Å²) in [7, 11) is 0. The van der Waals surface area contributed by atoms with Gasteiger partial charge < -0.3 is 0 Å². The summed E-state index contributed by atoms with van der Waals surface area (Å²) >= 11 is 0. The quantitative estimate of drug-likeness (QED) is 0.171. The van der Waals surface area contributed by atoms with Gasteiger partial charge >= 0.3 is 5.96 Å². The highest BCUT2D eigenvalue weighted by Gasteiger charge is 1.64. The molecule has 0 aromatic rings. The predicted octanol–water partition coefficient (Wildman–Crippen LogP) is -2.92. The normalized spacial score (nSPS) is 4.80. The Hall–Kier alpha value is -0.300. The van der Waals surface area contributed by atoms with E-state index in [1.807, 2.05) is 0 Å². The smallest absolute Gasteiger partial charge is 0.291 e. The minimum absolute atomic E-state index is 0. The summed E-state index contributed by atoms with van der Waals surface area (Å²) in [5, 5.41) is 4.58. The number of guanidine groups is 1. The second kappa shape index (κ2) is 3.70. The maximum Gasteiger partial charge on any atom is 0.336 e. The first-order chi connectivity index (χ1) is 1.73. The van der Waals surface area contributed by atoms with Crippen LogP contribution in [0.2, 0.25) is 0 Å². The molecule has 32 valence electrons. The van der Waals surface area contributed by atoms with Gasteiger partial charge in [0.2, 0.25) is 0 Å². The fraction of sp³-hybridized carbons (Fsp3) is 0. The average Bonchev–Trinajstić information content (AvgIpc) is 0.811. The fourth-order valence-corrected chi connectivity index (χ4v) is 0. The van der Waals surface area contributed by atoms with Crippen molar-refractivity contribution in [2.75, 3.05) is 0 Å². The molecule has 5 heavy (non-hydrogen) atoms. The Balaban J connectivity index is 0. The third kappa shape index (κ3) is 119. The van der Waals surface area contributed by atoms with Gasteiger partial charge in [-0.25, -0.2) is 0 Å². The molecular weight excluding hydrogens is 85.0 g/mol. The Morgan fingerprint density at radius 2 is 1.40 bits per heavy atom. The molecular formula is CH9N3P+. The van der Waals surface area contributed by atoms with Crippen molar-refractivity contribution in [1.82, 2.24) is 0 Å². The summed E-state index contributed by atoms with van der Waals surface area (Å²) in [6, 6.07) is 0. The van der Waals surface area contributed by atoms with Crippen LogP contribution in [-0.4, -0.2) is 5.96 Å². The third-order valence-electron chi connectivity index (χ3n) is 0. The molecule has 0 bridgehead atoms. The van der Waals surface area contributed by atoms with E-state index in [1.54, 1.807) is 0 Å². The van der Waals surface area contributed by atoms with E-state index in [1.165, 1.54) is 0 Å². The van der Waals surface area contributed by atoms with E-state index < -0.39 is 0 Å². The van der Waals surface area contributed by atoms with Crippen LogP contribution in [-0.2, 0) is 0 Å². The van der Waals surface area contributed by atoms with Crippen molar-refractivity contribution in [2.45, 2.75) is 0 Å². The lowest BCUT2D eigenvalue weighted by molar-refractivity contribution is -0.116. The van der Waals surface area contributed by atoms with Crippen LogP contribution in [0.1, 0.15) is 0 Å². The molecule has 0 amide bonds.